The lowest BCUT2D eigenvalue weighted by Crippen LogP contribution is -2.38. The van der Waals surface area contributed by atoms with Crippen molar-refractivity contribution in [1.82, 2.24) is 5.32 Å². The first kappa shape index (κ1) is 14.1. The predicted octanol–water partition coefficient (Wildman–Crippen LogP) is 3.04. The fraction of sp³-hybridized carbons (Fsp3) is 0.400. The molecule has 0 aliphatic carbocycles. The van der Waals surface area contributed by atoms with Crippen LogP contribution in [0.4, 0.5) is 17.6 Å². The Labute approximate surface area is 100 Å². The van der Waals surface area contributed by atoms with Crippen LogP contribution in [-0.4, -0.2) is 24.0 Å². The lowest BCUT2D eigenvalue weighted by Gasteiger charge is -2.16. The highest BCUT2D eigenvalue weighted by Gasteiger charge is 2.39. The molecule has 0 bridgehead atoms. The molecular formula is C10H10ClF4NO. The number of alkyl halides is 4. The molecular weight excluding hydrogens is 262 g/mol. The fourth-order valence-corrected chi connectivity index (χ4v) is 1.33. The van der Waals surface area contributed by atoms with Crippen LogP contribution in [0.3, 0.4) is 0 Å². The van der Waals surface area contributed by atoms with Crippen LogP contribution in [0.2, 0.25) is 5.02 Å². The van der Waals surface area contributed by atoms with E-state index in [1.165, 1.54) is 18.2 Å². The second kappa shape index (κ2) is 5.55. The third-order valence-electron chi connectivity index (χ3n) is 2.04. The van der Waals surface area contributed by atoms with Crippen LogP contribution in [0.5, 0.6) is 5.75 Å². The molecule has 0 aliphatic heterocycles. The molecule has 0 spiro atoms. The minimum absolute atomic E-state index is 0.137. The number of halogens is 5. The standard InChI is InChI=1S/C10H10ClF4NO/c11-7-1-2-8(17)6(3-7)4-16-5-10(14,15)9(12)13/h1-3,9,16-17H,4-5H2. The van der Waals surface area contributed by atoms with Crippen LogP contribution in [0.25, 0.3) is 0 Å². The number of phenolic OH excluding ortho intramolecular Hbond substituents is 1. The molecule has 0 radical (unpaired) electrons. The van der Waals surface area contributed by atoms with Crippen LogP contribution in [-0.2, 0) is 6.54 Å². The quantitative estimate of drug-likeness (QED) is 0.807. The van der Waals surface area contributed by atoms with E-state index in [1.54, 1.807) is 0 Å². The van der Waals surface area contributed by atoms with Gasteiger partial charge in [0.1, 0.15) is 5.75 Å². The average Bonchev–Trinajstić information content (AvgIpc) is 2.22. The molecule has 0 aliphatic rings. The van der Waals surface area contributed by atoms with Crippen molar-refractivity contribution in [2.24, 2.45) is 0 Å². The Kier molecular flexibility index (Phi) is 4.59. The van der Waals surface area contributed by atoms with Gasteiger partial charge in [0.2, 0.25) is 0 Å². The normalized spacial score (nSPS) is 12.1. The van der Waals surface area contributed by atoms with Crippen molar-refractivity contribution in [1.29, 1.82) is 0 Å². The first-order valence-corrected chi connectivity index (χ1v) is 5.05. The second-order valence-corrected chi connectivity index (χ2v) is 3.87. The van der Waals surface area contributed by atoms with Gasteiger partial charge in [0.05, 0.1) is 6.54 Å². The van der Waals surface area contributed by atoms with Crippen LogP contribution < -0.4 is 5.32 Å². The summed E-state index contributed by atoms with van der Waals surface area (Å²) in [6.45, 7) is -1.34. The van der Waals surface area contributed by atoms with Gasteiger partial charge in [-0.3, -0.25) is 0 Å². The Bertz CT molecular complexity index is 387. The van der Waals surface area contributed by atoms with Crippen LogP contribution in [0, 0.1) is 0 Å². The highest BCUT2D eigenvalue weighted by atomic mass is 35.5. The van der Waals surface area contributed by atoms with E-state index in [9.17, 15) is 22.7 Å². The Morgan fingerprint density at radius 1 is 1.35 bits per heavy atom. The minimum atomic E-state index is -4.09. The van der Waals surface area contributed by atoms with Gasteiger partial charge in [-0.05, 0) is 18.2 Å². The number of hydrogen-bond acceptors (Lipinski definition) is 2. The zero-order valence-corrected chi connectivity index (χ0v) is 9.32. The Morgan fingerprint density at radius 2 is 2.00 bits per heavy atom. The topological polar surface area (TPSA) is 32.3 Å². The van der Waals surface area contributed by atoms with E-state index >= 15 is 0 Å². The third-order valence-corrected chi connectivity index (χ3v) is 2.27. The summed E-state index contributed by atoms with van der Waals surface area (Å²) in [6, 6.07) is 4.09. The zero-order valence-electron chi connectivity index (χ0n) is 8.56. The zero-order chi connectivity index (χ0) is 13.1. The van der Waals surface area contributed by atoms with E-state index in [0.717, 1.165) is 0 Å². The summed E-state index contributed by atoms with van der Waals surface area (Å²) in [5, 5.41) is 11.8. The van der Waals surface area contributed by atoms with Crippen molar-refractivity contribution in [2.45, 2.75) is 18.9 Å². The van der Waals surface area contributed by atoms with Gasteiger partial charge in [0, 0.05) is 17.1 Å². The molecule has 0 amide bonds. The first-order valence-electron chi connectivity index (χ1n) is 4.67. The molecule has 0 heterocycles. The number of nitrogens with one attached hydrogen (secondary N) is 1. The van der Waals surface area contributed by atoms with E-state index in [-0.39, 0.29) is 17.9 Å². The predicted molar refractivity (Wildman–Crippen MR) is 55.8 cm³/mol. The molecule has 0 atom stereocenters. The summed E-state index contributed by atoms with van der Waals surface area (Å²) < 4.78 is 48.7. The number of aromatic hydroxyl groups is 1. The summed E-state index contributed by atoms with van der Waals surface area (Å²) >= 11 is 5.63. The molecule has 0 saturated carbocycles. The maximum absolute atomic E-state index is 12.5. The summed E-state index contributed by atoms with van der Waals surface area (Å²) in [5.41, 5.74) is 0.266. The Morgan fingerprint density at radius 3 is 2.59 bits per heavy atom. The Balaban J connectivity index is 2.54. The second-order valence-electron chi connectivity index (χ2n) is 3.44. The SMILES string of the molecule is Oc1ccc(Cl)cc1CNCC(F)(F)C(F)F. The maximum atomic E-state index is 12.5. The van der Waals surface area contributed by atoms with Crippen molar-refractivity contribution >= 4 is 11.6 Å². The van der Waals surface area contributed by atoms with E-state index in [2.05, 4.69) is 5.32 Å². The van der Waals surface area contributed by atoms with Gasteiger partial charge in [-0.15, -0.1) is 0 Å². The van der Waals surface area contributed by atoms with Gasteiger partial charge in [0.15, 0.2) is 0 Å². The lowest BCUT2D eigenvalue weighted by molar-refractivity contribution is -0.125. The lowest BCUT2D eigenvalue weighted by atomic mass is 10.2. The molecule has 17 heavy (non-hydrogen) atoms. The van der Waals surface area contributed by atoms with Crippen LogP contribution in [0.15, 0.2) is 18.2 Å². The molecule has 1 rings (SSSR count). The van der Waals surface area contributed by atoms with Crippen molar-refractivity contribution in [3.63, 3.8) is 0 Å². The molecule has 96 valence electrons. The number of benzene rings is 1. The largest absolute Gasteiger partial charge is 0.508 e. The molecule has 2 N–H and O–H groups in total. The summed E-state index contributed by atoms with van der Waals surface area (Å²) in [7, 11) is 0. The monoisotopic (exact) mass is 271 g/mol. The maximum Gasteiger partial charge on any atom is 0.319 e. The summed E-state index contributed by atoms with van der Waals surface area (Å²) in [4.78, 5) is 0. The fourth-order valence-electron chi connectivity index (χ4n) is 1.14. The van der Waals surface area contributed by atoms with Crippen molar-refractivity contribution in [3.8, 4) is 5.75 Å². The van der Waals surface area contributed by atoms with E-state index in [4.69, 9.17) is 11.6 Å². The minimum Gasteiger partial charge on any atom is -0.508 e. The van der Waals surface area contributed by atoms with Crippen molar-refractivity contribution in [2.75, 3.05) is 6.54 Å². The van der Waals surface area contributed by atoms with Crippen LogP contribution in [0.1, 0.15) is 5.56 Å². The summed E-state index contributed by atoms with van der Waals surface area (Å²) in [5.74, 6) is -4.23. The van der Waals surface area contributed by atoms with Gasteiger partial charge >= 0.3 is 12.3 Å². The smallest absolute Gasteiger partial charge is 0.319 e. The number of phenols is 1. The van der Waals surface area contributed by atoms with Gasteiger partial charge in [-0.25, -0.2) is 8.78 Å². The molecule has 2 nitrogen and oxygen atoms in total. The van der Waals surface area contributed by atoms with Gasteiger partial charge < -0.3 is 10.4 Å². The van der Waals surface area contributed by atoms with Crippen molar-refractivity contribution in [3.05, 3.63) is 28.8 Å². The van der Waals surface area contributed by atoms with Gasteiger partial charge in [0.25, 0.3) is 0 Å². The Hall–Kier alpha value is -1.01. The van der Waals surface area contributed by atoms with E-state index in [0.29, 0.717) is 5.02 Å². The van der Waals surface area contributed by atoms with E-state index < -0.39 is 18.9 Å². The number of rotatable bonds is 5. The molecule has 0 unspecified atom stereocenters. The summed E-state index contributed by atoms with van der Waals surface area (Å²) in [6.07, 6.45) is -3.72. The van der Waals surface area contributed by atoms with Crippen LogP contribution >= 0.6 is 11.6 Å². The first-order chi connectivity index (χ1) is 7.83. The number of hydrogen-bond donors (Lipinski definition) is 2. The highest BCUT2D eigenvalue weighted by Crippen LogP contribution is 2.23. The van der Waals surface area contributed by atoms with Gasteiger partial charge in [-0.1, -0.05) is 11.6 Å². The molecule has 1 aromatic carbocycles. The van der Waals surface area contributed by atoms with Gasteiger partial charge in [-0.2, -0.15) is 8.78 Å². The highest BCUT2D eigenvalue weighted by molar-refractivity contribution is 6.30. The van der Waals surface area contributed by atoms with E-state index in [1.807, 2.05) is 0 Å². The molecule has 0 aromatic heterocycles. The van der Waals surface area contributed by atoms with Crippen molar-refractivity contribution < 1.29 is 22.7 Å². The molecule has 7 heteroatoms. The molecule has 0 fully saturated rings. The molecule has 1 aromatic rings. The average molecular weight is 272 g/mol. The third kappa shape index (κ3) is 4.05. The molecule has 0 saturated heterocycles.